The number of alkyl halides is 3. The monoisotopic (exact) mass is 340 g/mol. The first-order valence-electron chi connectivity index (χ1n) is 5.77. The van der Waals surface area contributed by atoms with Crippen LogP contribution in [-0.2, 0) is 16.0 Å². The zero-order valence-electron chi connectivity index (χ0n) is 11.2. The summed E-state index contributed by atoms with van der Waals surface area (Å²) in [4.78, 5) is 17.6. The van der Waals surface area contributed by atoms with Crippen LogP contribution in [0.1, 0.15) is 31.0 Å². The molecule has 0 saturated carbocycles. The molecule has 2 aromatic heterocycles. The molecule has 0 aliphatic heterocycles. The van der Waals surface area contributed by atoms with Gasteiger partial charge in [0.2, 0.25) is 14.2 Å². The second kappa shape index (κ2) is 4.80. The normalized spacial score (nSPS) is 13.3. The first kappa shape index (κ1) is 16.0. The molecule has 10 heteroatoms. The third-order valence-corrected chi connectivity index (χ3v) is 5.50. The Morgan fingerprint density at radius 3 is 2.29 bits per heavy atom. The predicted molar refractivity (Wildman–Crippen MR) is 72.4 cm³/mol. The van der Waals surface area contributed by atoms with Gasteiger partial charge >= 0.3 is 6.18 Å². The molecule has 0 aliphatic rings. The van der Waals surface area contributed by atoms with Gasteiger partial charge in [-0.2, -0.15) is 13.2 Å². The number of nitrogens with zero attached hydrogens (tertiary/aromatic N) is 1. The summed E-state index contributed by atoms with van der Waals surface area (Å²) in [7, 11) is -3.79. The van der Waals surface area contributed by atoms with E-state index >= 15 is 0 Å². The van der Waals surface area contributed by atoms with Crippen LogP contribution in [0.2, 0.25) is 0 Å². The van der Waals surface area contributed by atoms with Gasteiger partial charge in [-0.3, -0.25) is 4.79 Å². The Balaban J connectivity index is 3.02. The SMILES string of the molecule is CC(C)c1[nH]c(=O)c2nc(S(C)(=O)=O)sc2c1C(F)(F)F. The summed E-state index contributed by atoms with van der Waals surface area (Å²) in [6.07, 6.45) is -3.89. The molecule has 0 aromatic carbocycles. The minimum absolute atomic E-state index is 0.274. The molecule has 0 saturated heterocycles. The Morgan fingerprint density at radius 1 is 1.29 bits per heavy atom. The van der Waals surface area contributed by atoms with Crippen molar-refractivity contribution in [2.24, 2.45) is 0 Å². The molecule has 0 radical (unpaired) electrons. The Kier molecular flexibility index (Phi) is 3.65. The molecule has 0 bridgehead atoms. The van der Waals surface area contributed by atoms with E-state index in [9.17, 15) is 26.4 Å². The van der Waals surface area contributed by atoms with Crippen LogP contribution in [0.3, 0.4) is 0 Å². The molecule has 116 valence electrons. The second-order valence-corrected chi connectivity index (χ2v) is 8.01. The van der Waals surface area contributed by atoms with Crippen molar-refractivity contribution in [2.45, 2.75) is 30.3 Å². The fourth-order valence-electron chi connectivity index (χ4n) is 1.86. The number of fused-ring (bicyclic) bond motifs is 1. The molecule has 2 rings (SSSR count). The second-order valence-electron chi connectivity index (χ2n) is 4.82. The van der Waals surface area contributed by atoms with Crippen molar-refractivity contribution in [2.75, 3.05) is 6.26 Å². The van der Waals surface area contributed by atoms with Crippen molar-refractivity contribution >= 4 is 31.4 Å². The van der Waals surface area contributed by atoms with Crippen LogP contribution in [0.15, 0.2) is 9.13 Å². The lowest BCUT2D eigenvalue weighted by atomic mass is 10.0. The highest BCUT2D eigenvalue weighted by Gasteiger charge is 2.39. The zero-order chi connectivity index (χ0) is 16.2. The van der Waals surface area contributed by atoms with Crippen molar-refractivity contribution in [1.82, 2.24) is 9.97 Å². The largest absolute Gasteiger partial charge is 0.419 e. The van der Waals surface area contributed by atoms with E-state index in [-0.39, 0.29) is 5.69 Å². The molecule has 0 atom stereocenters. The fourth-order valence-corrected chi connectivity index (χ4v) is 3.85. The van der Waals surface area contributed by atoms with Crippen LogP contribution in [0.5, 0.6) is 0 Å². The van der Waals surface area contributed by atoms with Gasteiger partial charge in [0.05, 0.1) is 10.3 Å². The molecule has 0 unspecified atom stereocenters. The smallest absolute Gasteiger partial charge is 0.323 e. The van der Waals surface area contributed by atoms with E-state index in [2.05, 4.69) is 9.97 Å². The number of halogens is 3. The summed E-state index contributed by atoms with van der Waals surface area (Å²) in [6, 6.07) is 0. The van der Waals surface area contributed by atoms with Crippen LogP contribution in [0, 0.1) is 0 Å². The van der Waals surface area contributed by atoms with Crippen LogP contribution < -0.4 is 5.56 Å². The summed E-state index contributed by atoms with van der Waals surface area (Å²) in [5.41, 5.74) is -2.63. The van der Waals surface area contributed by atoms with E-state index in [1.165, 1.54) is 13.8 Å². The van der Waals surface area contributed by atoms with E-state index in [4.69, 9.17) is 0 Å². The number of hydrogen-bond acceptors (Lipinski definition) is 5. The van der Waals surface area contributed by atoms with Crippen LogP contribution in [-0.4, -0.2) is 24.6 Å². The lowest BCUT2D eigenvalue weighted by molar-refractivity contribution is -0.137. The topological polar surface area (TPSA) is 79.9 Å². The van der Waals surface area contributed by atoms with Gasteiger partial charge in [-0.05, 0) is 5.92 Å². The molecule has 2 heterocycles. The number of aromatic nitrogens is 2. The summed E-state index contributed by atoms with van der Waals surface area (Å²) < 4.78 is 61.8. The Labute approximate surface area is 121 Å². The summed E-state index contributed by atoms with van der Waals surface area (Å²) >= 11 is 0.364. The average Bonchev–Trinajstić information content (AvgIpc) is 2.71. The summed E-state index contributed by atoms with van der Waals surface area (Å²) in [6.45, 7) is 3.01. The van der Waals surface area contributed by atoms with Gasteiger partial charge in [0.1, 0.15) is 5.52 Å². The van der Waals surface area contributed by atoms with Crippen molar-refractivity contribution in [3.05, 3.63) is 21.6 Å². The number of aromatic amines is 1. The number of hydrogen-bond donors (Lipinski definition) is 1. The van der Waals surface area contributed by atoms with E-state index in [1.807, 2.05) is 0 Å². The standard InChI is InChI=1S/C11H11F3N2O3S2/c1-4(2)6-5(11(12,13)14)8-7(9(17)15-6)16-10(20-8)21(3,18)19/h4H,1-3H3,(H,15,17). The van der Waals surface area contributed by atoms with Gasteiger partial charge in [0.25, 0.3) is 5.56 Å². The first-order valence-corrected chi connectivity index (χ1v) is 8.47. The van der Waals surface area contributed by atoms with Crippen molar-refractivity contribution < 1.29 is 21.6 Å². The molecular formula is C11H11F3N2O3S2. The van der Waals surface area contributed by atoms with E-state index in [0.29, 0.717) is 11.3 Å². The highest BCUT2D eigenvalue weighted by molar-refractivity contribution is 7.92. The minimum Gasteiger partial charge on any atom is -0.323 e. The van der Waals surface area contributed by atoms with Gasteiger partial charge in [-0.15, -0.1) is 11.3 Å². The molecule has 21 heavy (non-hydrogen) atoms. The van der Waals surface area contributed by atoms with Crippen molar-refractivity contribution in [3.8, 4) is 0 Å². The van der Waals surface area contributed by atoms with E-state index in [1.54, 1.807) is 0 Å². The average molecular weight is 340 g/mol. The van der Waals surface area contributed by atoms with Gasteiger partial charge in [-0.25, -0.2) is 13.4 Å². The maximum absolute atomic E-state index is 13.3. The molecule has 0 fully saturated rings. The van der Waals surface area contributed by atoms with E-state index in [0.717, 1.165) is 6.26 Å². The van der Waals surface area contributed by atoms with Gasteiger partial charge in [0.15, 0.2) is 0 Å². The van der Waals surface area contributed by atoms with Crippen LogP contribution in [0.4, 0.5) is 13.2 Å². The third-order valence-electron chi connectivity index (χ3n) is 2.75. The minimum atomic E-state index is -4.72. The predicted octanol–water partition coefficient (Wildman–Crippen LogP) is 2.53. The maximum atomic E-state index is 13.3. The van der Waals surface area contributed by atoms with Crippen LogP contribution >= 0.6 is 11.3 Å². The van der Waals surface area contributed by atoms with Gasteiger partial charge in [-0.1, -0.05) is 13.8 Å². The van der Waals surface area contributed by atoms with Gasteiger partial charge in [0, 0.05) is 11.9 Å². The molecule has 0 amide bonds. The Bertz CT molecular complexity index is 863. The lowest BCUT2D eigenvalue weighted by Gasteiger charge is -2.15. The molecule has 1 N–H and O–H groups in total. The number of sulfone groups is 1. The molecular weight excluding hydrogens is 329 g/mol. The van der Waals surface area contributed by atoms with Crippen LogP contribution in [0.25, 0.3) is 10.2 Å². The molecule has 0 aliphatic carbocycles. The number of pyridine rings is 1. The van der Waals surface area contributed by atoms with Crippen molar-refractivity contribution in [1.29, 1.82) is 0 Å². The fraction of sp³-hybridized carbons (Fsp3) is 0.455. The maximum Gasteiger partial charge on any atom is 0.419 e. The highest BCUT2D eigenvalue weighted by Crippen LogP contribution is 2.40. The van der Waals surface area contributed by atoms with Crippen molar-refractivity contribution in [3.63, 3.8) is 0 Å². The number of H-pyrrole nitrogens is 1. The zero-order valence-corrected chi connectivity index (χ0v) is 12.8. The Morgan fingerprint density at radius 2 is 1.86 bits per heavy atom. The molecule has 5 nitrogen and oxygen atoms in total. The number of nitrogens with one attached hydrogen (secondary N) is 1. The highest BCUT2D eigenvalue weighted by atomic mass is 32.2. The number of rotatable bonds is 2. The Hall–Kier alpha value is -1.42. The van der Waals surface area contributed by atoms with E-state index < -0.39 is 47.6 Å². The number of thiazole rings is 1. The lowest BCUT2D eigenvalue weighted by Crippen LogP contribution is -2.19. The third kappa shape index (κ3) is 2.82. The molecule has 0 spiro atoms. The summed E-state index contributed by atoms with van der Waals surface area (Å²) in [5, 5.41) is 0. The first-order chi connectivity index (χ1) is 9.43. The van der Waals surface area contributed by atoms with Gasteiger partial charge < -0.3 is 4.98 Å². The summed E-state index contributed by atoms with van der Waals surface area (Å²) in [5.74, 6) is -0.581. The quantitative estimate of drug-likeness (QED) is 0.911. The molecule has 2 aromatic rings.